The molecule has 0 fully saturated rings. The predicted octanol–water partition coefficient (Wildman–Crippen LogP) is 3.66. The largest absolute Gasteiger partial charge is 0.595 e. The van der Waals surface area contributed by atoms with E-state index in [0.717, 1.165) is 16.0 Å². The Kier molecular flexibility index (Phi) is 4.97. The minimum absolute atomic E-state index is 0.140. The van der Waals surface area contributed by atoms with Gasteiger partial charge in [0.05, 0.1) is 5.56 Å². The van der Waals surface area contributed by atoms with Gasteiger partial charge >= 0.3 is 0 Å². The summed E-state index contributed by atoms with van der Waals surface area (Å²) in [6.45, 7) is 2.27. The van der Waals surface area contributed by atoms with Gasteiger partial charge in [0, 0.05) is 29.2 Å². The van der Waals surface area contributed by atoms with Gasteiger partial charge in [0.25, 0.3) is 0 Å². The number of aryl methyl sites for hydroxylation is 1. The fraction of sp³-hybridized carbons (Fsp3) is 0.0952. The average Bonchev–Trinajstić information content (AvgIpc) is 3.23. The smallest absolute Gasteiger partial charge is 0.232 e. The van der Waals surface area contributed by atoms with Crippen LogP contribution in [0.5, 0.6) is 11.5 Å². The lowest BCUT2D eigenvalue weighted by Gasteiger charge is -2.12. The van der Waals surface area contributed by atoms with E-state index >= 15 is 0 Å². The van der Waals surface area contributed by atoms with Crippen LogP contribution in [0.15, 0.2) is 59.7 Å². The molecule has 0 aliphatic carbocycles. The van der Waals surface area contributed by atoms with Crippen LogP contribution < -0.4 is 14.7 Å². The maximum atomic E-state index is 12.5. The third kappa shape index (κ3) is 3.69. The minimum atomic E-state index is -0.963. The van der Waals surface area contributed by atoms with E-state index in [9.17, 15) is 10.0 Å². The molecule has 28 heavy (non-hydrogen) atoms. The number of thiophene rings is 1. The highest BCUT2D eigenvalue weighted by Crippen LogP contribution is 2.35. The summed E-state index contributed by atoms with van der Waals surface area (Å²) in [7, 11) is 0. The summed E-state index contributed by atoms with van der Waals surface area (Å²) in [4.78, 5) is 13.5. The third-order valence-electron chi connectivity index (χ3n) is 4.41. The van der Waals surface area contributed by atoms with E-state index in [1.54, 1.807) is 47.7 Å². The first kappa shape index (κ1) is 18.4. The van der Waals surface area contributed by atoms with Crippen LogP contribution in [-0.2, 0) is 6.61 Å². The van der Waals surface area contributed by atoms with Gasteiger partial charge in [-0.15, -0.1) is 11.3 Å². The van der Waals surface area contributed by atoms with Gasteiger partial charge in [-0.05, 0) is 53.8 Å². The molecule has 0 saturated carbocycles. The molecule has 0 amide bonds. The molecule has 6 nitrogen and oxygen atoms in total. The molecule has 7 heteroatoms. The van der Waals surface area contributed by atoms with Crippen LogP contribution in [0.2, 0.25) is 0 Å². The van der Waals surface area contributed by atoms with Crippen LogP contribution >= 0.6 is 11.3 Å². The summed E-state index contributed by atoms with van der Waals surface area (Å²) in [6, 6.07) is 13.6. The van der Waals surface area contributed by atoms with Crippen molar-refractivity contribution in [2.24, 2.45) is 0 Å². The Bertz CT molecular complexity index is 1050. The van der Waals surface area contributed by atoms with E-state index in [2.05, 4.69) is 0 Å². The first-order valence-electron chi connectivity index (χ1n) is 8.59. The lowest BCUT2D eigenvalue weighted by Crippen LogP contribution is -2.99. The standard InChI is InChI=1S/C21H17NO5S/c1-13-8-9-28-20(13)11-19-21(23)17-7-6-16(10-18(17)27-19)26-12-14-2-4-15(5-3-14)22(24)25/h2-11,22,24H,12H2,1H3. The second-order valence-corrected chi connectivity index (χ2v) is 7.30. The second-order valence-electron chi connectivity index (χ2n) is 6.36. The Hall–Kier alpha value is -2.97. The van der Waals surface area contributed by atoms with E-state index in [0.29, 0.717) is 22.8 Å². The number of ether oxygens (including phenoxy) is 2. The molecule has 2 N–H and O–H groups in total. The Morgan fingerprint density at radius 1 is 1.21 bits per heavy atom. The molecule has 1 aromatic heterocycles. The number of quaternary nitrogens is 1. The normalized spacial score (nSPS) is 15.4. The minimum Gasteiger partial charge on any atom is -0.595 e. The zero-order valence-electron chi connectivity index (χ0n) is 15.0. The van der Waals surface area contributed by atoms with Crippen LogP contribution in [0, 0.1) is 12.1 Å². The molecule has 2 aromatic carbocycles. The quantitative estimate of drug-likeness (QED) is 0.509. The SMILES string of the molecule is Cc1ccsc1C=C1Oc2cc(OCc3ccc([NH+]([O-])O)cc3)ccc2C1=O. The fourth-order valence-corrected chi connectivity index (χ4v) is 3.67. The molecule has 0 radical (unpaired) electrons. The average molecular weight is 395 g/mol. The van der Waals surface area contributed by atoms with Crippen LogP contribution in [-0.4, -0.2) is 11.0 Å². The third-order valence-corrected chi connectivity index (χ3v) is 5.38. The molecule has 1 aliphatic rings. The van der Waals surface area contributed by atoms with E-state index in [1.165, 1.54) is 12.1 Å². The Labute approximate surface area is 165 Å². The number of rotatable bonds is 5. The van der Waals surface area contributed by atoms with Crippen molar-refractivity contribution in [2.75, 3.05) is 0 Å². The maximum absolute atomic E-state index is 12.5. The van der Waals surface area contributed by atoms with Gasteiger partial charge in [-0.3, -0.25) is 4.79 Å². The zero-order chi connectivity index (χ0) is 19.7. The number of hydrogen-bond acceptors (Lipinski definition) is 6. The summed E-state index contributed by atoms with van der Waals surface area (Å²) in [5.74, 6) is 1.21. The summed E-state index contributed by atoms with van der Waals surface area (Å²) < 4.78 is 11.5. The van der Waals surface area contributed by atoms with Crippen LogP contribution in [0.25, 0.3) is 6.08 Å². The van der Waals surface area contributed by atoms with E-state index < -0.39 is 5.23 Å². The first-order valence-corrected chi connectivity index (χ1v) is 9.46. The highest BCUT2D eigenvalue weighted by molar-refractivity contribution is 7.11. The number of hydrogen-bond donors (Lipinski definition) is 2. The molecule has 0 bridgehead atoms. The number of nitrogens with one attached hydrogen (secondary N) is 1. The fourth-order valence-electron chi connectivity index (χ4n) is 2.82. The molecule has 1 aliphatic heterocycles. The highest BCUT2D eigenvalue weighted by Gasteiger charge is 2.28. The number of ketones is 1. The van der Waals surface area contributed by atoms with Crippen molar-refractivity contribution in [2.45, 2.75) is 13.5 Å². The monoisotopic (exact) mass is 395 g/mol. The summed E-state index contributed by atoms with van der Waals surface area (Å²) >= 11 is 1.56. The predicted molar refractivity (Wildman–Crippen MR) is 105 cm³/mol. The highest BCUT2D eigenvalue weighted by atomic mass is 32.1. The molecule has 1 atom stereocenters. The molecule has 142 valence electrons. The molecule has 0 spiro atoms. The maximum Gasteiger partial charge on any atom is 0.232 e. The van der Waals surface area contributed by atoms with Crippen molar-refractivity contribution in [1.82, 2.24) is 0 Å². The Balaban J connectivity index is 1.47. The van der Waals surface area contributed by atoms with Gasteiger partial charge in [0.2, 0.25) is 5.78 Å². The van der Waals surface area contributed by atoms with E-state index in [-0.39, 0.29) is 18.1 Å². The van der Waals surface area contributed by atoms with Crippen molar-refractivity contribution in [1.29, 1.82) is 0 Å². The summed E-state index contributed by atoms with van der Waals surface area (Å²) in [5.41, 5.74) is 2.69. The first-order chi connectivity index (χ1) is 13.5. The van der Waals surface area contributed by atoms with Crippen molar-refractivity contribution in [3.63, 3.8) is 0 Å². The van der Waals surface area contributed by atoms with Crippen LogP contribution in [0.3, 0.4) is 0 Å². The molecule has 4 rings (SSSR count). The lowest BCUT2D eigenvalue weighted by molar-refractivity contribution is -0.991. The Morgan fingerprint density at radius 2 is 2.00 bits per heavy atom. The van der Waals surface area contributed by atoms with E-state index in [4.69, 9.17) is 14.7 Å². The van der Waals surface area contributed by atoms with E-state index in [1.807, 2.05) is 18.4 Å². The number of Topliss-reactive ketones (excluding diaryl/α,β-unsaturated/α-hetero) is 1. The molecular formula is C21H17NO5S. The molecule has 3 aromatic rings. The van der Waals surface area contributed by atoms with Crippen molar-refractivity contribution in [3.05, 3.63) is 86.4 Å². The molecule has 0 saturated heterocycles. The number of carbonyl (C=O) groups is 1. The Morgan fingerprint density at radius 3 is 2.68 bits per heavy atom. The van der Waals surface area contributed by atoms with Gasteiger partial charge in [-0.2, -0.15) is 5.23 Å². The molecular weight excluding hydrogens is 378 g/mol. The number of fused-ring (bicyclic) bond motifs is 1. The summed E-state index contributed by atoms with van der Waals surface area (Å²) in [6.07, 6.45) is 1.77. The van der Waals surface area contributed by atoms with Crippen LogP contribution in [0.1, 0.15) is 26.4 Å². The van der Waals surface area contributed by atoms with Crippen LogP contribution in [0.4, 0.5) is 5.69 Å². The number of carbonyl (C=O) groups excluding carboxylic acids is 1. The second kappa shape index (κ2) is 7.57. The van der Waals surface area contributed by atoms with Gasteiger partial charge in [-0.1, -0.05) is 0 Å². The van der Waals surface area contributed by atoms with Crippen molar-refractivity contribution in [3.8, 4) is 11.5 Å². The molecule has 2 heterocycles. The van der Waals surface area contributed by atoms with Crippen molar-refractivity contribution >= 4 is 28.9 Å². The van der Waals surface area contributed by atoms with Gasteiger partial charge in [-0.25, -0.2) is 5.21 Å². The van der Waals surface area contributed by atoms with Gasteiger partial charge < -0.3 is 14.7 Å². The lowest BCUT2D eigenvalue weighted by atomic mass is 10.1. The zero-order valence-corrected chi connectivity index (χ0v) is 15.8. The summed E-state index contributed by atoms with van der Waals surface area (Å²) in [5, 5.41) is 20.8. The van der Waals surface area contributed by atoms with Gasteiger partial charge in [0.15, 0.2) is 11.4 Å². The number of allylic oxidation sites excluding steroid dienone is 1. The van der Waals surface area contributed by atoms with Crippen molar-refractivity contribution < 1.29 is 24.7 Å². The molecule has 1 unspecified atom stereocenters. The van der Waals surface area contributed by atoms with Gasteiger partial charge in [0.1, 0.15) is 18.1 Å². The number of benzene rings is 2. The topological polar surface area (TPSA) is 83.3 Å².